The second kappa shape index (κ2) is 4.19. The minimum Gasteiger partial charge on any atom is -0.319 e. The average Bonchev–Trinajstić information content (AvgIpc) is 2.88. The van der Waals surface area contributed by atoms with Gasteiger partial charge in [-0.1, -0.05) is 24.3 Å². The molecule has 1 heterocycles. The first kappa shape index (κ1) is 10.3. The van der Waals surface area contributed by atoms with Gasteiger partial charge in [0.25, 0.3) is 0 Å². The Labute approximate surface area is 97.6 Å². The fourth-order valence-electron chi connectivity index (χ4n) is 2.91. The summed E-state index contributed by atoms with van der Waals surface area (Å²) in [7, 11) is 2.06. The third-order valence-electron chi connectivity index (χ3n) is 3.93. The van der Waals surface area contributed by atoms with Gasteiger partial charge in [0.1, 0.15) is 0 Å². The monoisotopic (exact) mass is 216 g/mol. The molecule has 1 saturated carbocycles. The van der Waals surface area contributed by atoms with Gasteiger partial charge in [-0.05, 0) is 43.0 Å². The van der Waals surface area contributed by atoms with Gasteiger partial charge >= 0.3 is 0 Å². The first-order valence-electron chi connectivity index (χ1n) is 6.30. The lowest BCUT2D eigenvalue weighted by Gasteiger charge is -2.14. The molecular weight excluding hydrogens is 196 g/mol. The van der Waals surface area contributed by atoms with Crippen molar-refractivity contribution in [1.82, 2.24) is 10.2 Å². The third kappa shape index (κ3) is 2.00. The van der Waals surface area contributed by atoms with Gasteiger partial charge in [0.15, 0.2) is 0 Å². The van der Waals surface area contributed by atoms with Crippen LogP contribution >= 0.6 is 0 Å². The number of nitrogens with one attached hydrogen (secondary N) is 1. The summed E-state index contributed by atoms with van der Waals surface area (Å²) in [6.45, 7) is 4.82. The zero-order valence-electron chi connectivity index (χ0n) is 9.95. The van der Waals surface area contributed by atoms with Crippen molar-refractivity contribution in [2.24, 2.45) is 11.8 Å². The molecule has 0 saturated heterocycles. The Kier molecular flexibility index (Phi) is 2.70. The standard InChI is InChI=1S/C14H20N2/c1-15-7-13-6-14(13)10-16-8-11-4-2-3-5-12(11)9-16/h2-5,13-15H,6-10H2,1H3/t13-,14+/m0/s1. The van der Waals surface area contributed by atoms with Crippen LogP contribution in [0.5, 0.6) is 0 Å². The molecule has 2 atom stereocenters. The van der Waals surface area contributed by atoms with E-state index in [-0.39, 0.29) is 0 Å². The first-order chi connectivity index (χ1) is 7.86. The maximum Gasteiger partial charge on any atom is 0.0240 e. The van der Waals surface area contributed by atoms with Gasteiger partial charge in [0.05, 0.1) is 0 Å². The van der Waals surface area contributed by atoms with E-state index in [1.807, 2.05) is 0 Å². The highest BCUT2D eigenvalue weighted by atomic mass is 15.1. The average molecular weight is 216 g/mol. The summed E-state index contributed by atoms with van der Waals surface area (Å²) in [5.74, 6) is 1.88. The second-order valence-electron chi connectivity index (χ2n) is 5.25. The van der Waals surface area contributed by atoms with E-state index < -0.39 is 0 Å². The van der Waals surface area contributed by atoms with Crippen molar-refractivity contribution in [2.45, 2.75) is 19.5 Å². The molecule has 1 aromatic rings. The van der Waals surface area contributed by atoms with Gasteiger partial charge in [0.2, 0.25) is 0 Å². The molecule has 2 heteroatoms. The maximum absolute atomic E-state index is 3.28. The van der Waals surface area contributed by atoms with E-state index in [2.05, 4.69) is 41.5 Å². The Hall–Kier alpha value is -0.860. The third-order valence-corrected chi connectivity index (χ3v) is 3.93. The number of hydrogen-bond donors (Lipinski definition) is 1. The molecule has 0 spiro atoms. The summed E-state index contributed by atoms with van der Waals surface area (Å²) in [6.07, 6.45) is 1.42. The number of fused-ring (bicyclic) bond motifs is 1. The van der Waals surface area contributed by atoms with Crippen molar-refractivity contribution < 1.29 is 0 Å². The molecule has 0 bridgehead atoms. The van der Waals surface area contributed by atoms with Gasteiger partial charge in [-0.3, -0.25) is 4.90 Å². The summed E-state index contributed by atoms with van der Waals surface area (Å²) < 4.78 is 0. The number of benzene rings is 1. The summed E-state index contributed by atoms with van der Waals surface area (Å²) in [6, 6.07) is 8.85. The highest BCUT2D eigenvalue weighted by Gasteiger charge is 2.38. The quantitative estimate of drug-likeness (QED) is 0.826. The topological polar surface area (TPSA) is 15.3 Å². The largest absolute Gasteiger partial charge is 0.319 e. The van der Waals surface area contributed by atoms with E-state index in [1.54, 1.807) is 0 Å². The summed E-state index contributed by atoms with van der Waals surface area (Å²) in [5, 5.41) is 3.28. The van der Waals surface area contributed by atoms with Crippen LogP contribution in [0.2, 0.25) is 0 Å². The lowest BCUT2D eigenvalue weighted by molar-refractivity contribution is 0.266. The van der Waals surface area contributed by atoms with Crippen LogP contribution in [0.3, 0.4) is 0 Å². The Morgan fingerprint density at radius 1 is 1.19 bits per heavy atom. The van der Waals surface area contributed by atoms with Crippen LogP contribution in [0.25, 0.3) is 0 Å². The molecule has 0 aromatic heterocycles. The van der Waals surface area contributed by atoms with Crippen molar-refractivity contribution in [1.29, 1.82) is 0 Å². The number of hydrogen-bond acceptors (Lipinski definition) is 2. The summed E-state index contributed by atoms with van der Waals surface area (Å²) in [5.41, 5.74) is 3.07. The number of nitrogens with zero attached hydrogens (tertiary/aromatic N) is 1. The molecule has 1 aliphatic carbocycles. The van der Waals surface area contributed by atoms with Crippen molar-refractivity contribution in [2.75, 3.05) is 20.1 Å². The molecule has 2 nitrogen and oxygen atoms in total. The zero-order valence-corrected chi connectivity index (χ0v) is 9.95. The van der Waals surface area contributed by atoms with E-state index in [0.717, 1.165) is 11.8 Å². The fraction of sp³-hybridized carbons (Fsp3) is 0.571. The molecule has 16 heavy (non-hydrogen) atoms. The van der Waals surface area contributed by atoms with Gasteiger partial charge < -0.3 is 5.32 Å². The molecule has 0 radical (unpaired) electrons. The van der Waals surface area contributed by atoms with Crippen LogP contribution < -0.4 is 5.32 Å². The summed E-state index contributed by atoms with van der Waals surface area (Å²) >= 11 is 0. The minimum absolute atomic E-state index is 0.939. The van der Waals surface area contributed by atoms with Crippen molar-refractivity contribution in [3.63, 3.8) is 0 Å². The molecule has 1 aliphatic heterocycles. The van der Waals surface area contributed by atoms with E-state index in [9.17, 15) is 0 Å². The number of rotatable bonds is 4. The first-order valence-corrected chi connectivity index (χ1v) is 6.30. The fourth-order valence-corrected chi connectivity index (χ4v) is 2.91. The highest BCUT2D eigenvalue weighted by Crippen LogP contribution is 2.39. The predicted molar refractivity (Wildman–Crippen MR) is 66.1 cm³/mol. The Morgan fingerprint density at radius 3 is 2.50 bits per heavy atom. The Balaban J connectivity index is 1.53. The SMILES string of the molecule is CNC[C@@H]1C[C@@H]1CN1Cc2ccccc2C1. The molecule has 1 fully saturated rings. The molecule has 0 amide bonds. The molecular formula is C14H20N2. The molecule has 1 aromatic carbocycles. The molecule has 0 unspecified atom stereocenters. The van der Waals surface area contributed by atoms with E-state index in [4.69, 9.17) is 0 Å². The summed E-state index contributed by atoms with van der Waals surface area (Å²) in [4.78, 5) is 2.60. The van der Waals surface area contributed by atoms with Crippen molar-refractivity contribution >= 4 is 0 Å². The van der Waals surface area contributed by atoms with Crippen LogP contribution in [0.1, 0.15) is 17.5 Å². The van der Waals surface area contributed by atoms with Crippen LogP contribution in [0.4, 0.5) is 0 Å². The van der Waals surface area contributed by atoms with Crippen molar-refractivity contribution in [3.05, 3.63) is 35.4 Å². The Bertz CT molecular complexity index is 350. The van der Waals surface area contributed by atoms with Crippen LogP contribution in [-0.4, -0.2) is 25.0 Å². The molecule has 86 valence electrons. The lowest BCUT2D eigenvalue weighted by Crippen LogP contribution is -2.21. The highest BCUT2D eigenvalue weighted by molar-refractivity contribution is 5.30. The van der Waals surface area contributed by atoms with E-state index >= 15 is 0 Å². The molecule has 3 rings (SSSR count). The van der Waals surface area contributed by atoms with Gasteiger partial charge in [-0.25, -0.2) is 0 Å². The van der Waals surface area contributed by atoms with E-state index in [0.29, 0.717) is 0 Å². The van der Waals surface area contributed by atoms with Crippen molar-refractivity contribution in [3.8, 4) is 0 Å². The molecule has 1 N–H and O–H groups in total. The van der Waals surface area contributed by atoms with Crippen LogP contribution in [0, 0.1) is 11.8 Å². The minimum atomic E-state index is 0.939. The second-order valence-corrected chi connectivity index (χ2v) is 5.25. The van der Waals surface area contributed by atoms with Gasteiger partial charge in [-0.2, -0.15) is 0 Å². The van der Waals surface area contributed by atoms with Gasteiger partial charge in [-0.15, -0.1) is 0 Å². The normalized spacial score (nSPS) is 28.1. The zero-order chi connectivity index (χ0) is 11.0. The van der Waals surface area contributed by atoms with Crippen LogP contribution in [0.15, 0.2) is 24.3 Å². The Morgan fingerprint density at radius 2 is 1.88 bits per heavy atom. The lowest BCUT2D eigenvalue weighted by atomic mass is 10.1. The predicted octanol–water partition coefficient (Wildman–Crippen LogP) is 1.86. The molecule has 2 aliphatic rings. The van der Waals surface area contributed by atoms with E-state index in [1.165, 1.54) is 43.7 Å². The van der Waals surface area contributed by atoms with Gasteiger partial charge in [0, 0.05) is 19.6 Å². The smallest absolute Gasteiger partial charge is 0.0240 e. The maximum atomic E-state index is 3.28. The van der Waals surface area contributed by atoms with Crippen LogP contribution in [-0.2, 0) is 13.1 Å².